The maximum atomic E-state index is 14.8. The fourth-order valence-corrected chi connectivity index (χ4v) is 4.89. The SMILES string of the molecule is CCCCc1ccc(-c2c(OC)cc(Br)c3[nH]c(=O)c4sccc4c23)cc1F. The number of ether oxygens (including phenoxy) is 1. The van der Waals surface area contributed by atoms with Gasteiger partial charge in [-0.25, -0.2) is 4.39 Å². The lowest BCUT2D eigenvalue weighted by molar-refractivity contribution is 0.416. The molecule has 28 heavy (non-hydrogen) atoms. The minimum Gasteiger partial charge on any atom is -0.496 e. The number of aryl methyl sites for hydroxylation is 1. The monoisotopic (exact) mass is 459 g/mol. The smallest absolute Gasteiger partial charge is 0.266 e. The molecule has 2 aromatic carbocycles. The Morgan fingerprint density at radius 1 is 1.25 bits per heavy atom. The maximum Gasteiger partial charge on any atom is 0.266 e. The molecule has 2 heterocycles. The molecule has 0 aliphatic carbocycles. The second-order valence-electron chi connectivity index (χ2n) is 6.71. The molecule has 3 nitrogen and oxygen atoms in total. The summed E-state index contributed by atoms with van der Waals surface area (Å²) in [7, 11) is 1.60. The number of benzene rings is 2. The highest BCUT2D eigenvalue weighted by molar-refractivity contribution is 9.10. The van der Waals surface area contributed by atoms with E-state index in [1.807, 2.05) is 29.6 Å². The number of methoxy groups -OCH3 is 1. The predicted molar refractivity (Wildman–Crippen MR) is 118 cm³/mol. The zero-order chi connectivity index (χ0) is 19.8. The van der Waals surface area contributed by atoms with E-state index in [9.17, 15) is 9.18 Å². The summed E-state index contributed by atoms with van der Waals surface area (Å²) in [6.07, 6.45) is 2.70. The van der Waals surface area contributed by atoms with Crippen LogP contribution in [0.1, 0.15) is 25.3 Å². The fraction of sp³-hybridized carbons (Fsp3) is 0.227. The van der Waals surface area contributed by atoms with Crippen molar-refractivity contribution in [3.05, 3.63) is 61.9 Å². The molecule has 144 valence electrons. The van der Waals surface area contributed by atoms with Crippen LogP contribution in [0.5, 0.6) is 5.75 Å². The zero-order valence-electron chi connectivity index (χ0n) is 15.6. The van der Waals surface area contributed by atoms with E-state index in [4.69, 9.17) is 4.74 Å². The Balaban J connectivity index is 2.06. The van der Waals surface area contributed by atoms with Gasteiger partial charge in [0.1, 0.15) is 16.3 Å². The summed E-state index contributed by atoms with van der Waals surface area (Å²) >= 11 is 4.93. The Hall–Kier alpha value is -2.18. The molecule has 0 fully saturated rings. The van der Waals surface area contributed by atoms with Gasteiger partial charge < -0.3 is 9.72 Å². The number of aromatic amines is 1. The summed E-state index contributed by atoms with van der Waals surface area (Å²) in [5.74, 6) is 0.412. The van der Waals surface area contributed by atoms with E-state index in [1.165, 1.54) is 11.3 Å². The first kappa shape index (κ1) is 19.2. The number of nitrogens with one attached hydrogen (secondary N) is 1. The van der Waals surface area contributed by atoms with Crippen LogP contribution in [0.2, 0.25) is 0 Å². The van der Waals surface area contributed by atoms with Crippen LogP contribution in [0.4, 0.5) is 4.39 Å². The van der Waals surface area contributed by atoms with E-state index in [0.29, 0.717) is 16.0 Å². The molecule has 0 saturated carbocycles. The van der Waals surface area contributed by atoms with Gasteiger partial charge in [0, 0.05) is 20.8 Å². The van der Waals surface area contributed by atoms with Crippen LogP contribution < -0.4 is 10.3 Å². The standard InChI is InChI=1S/C22H19BrFNO2S/c1-3-4-5-12-6-7-13(10-16(12)24)18-17(27-2)11-15(23)20-19(18)14-8-9-28-21(14)22(26)25-20/h6-11H,3-5H2,1-2H3,(H,25,26). The third kappa shape index (κ3) is 3.14. The first-order valence-electron chi connectivity index (χ1n) is 9.13. The van der Waals surface area contributed by atoms with Crippen LogP contribution in [0.25, 0.3) is 32.1 Å². The van der Waals surface area contributed by atoms with Crippen LogP contribution in [0, 0.1) is 5.82 Å². The molecule has 0 unspecified atom stereocenters. The van der Waals surface area contributed by atoms with Crippen LogP contribution >= 0.6 is 27.3 Å². The molecular formula is C22H19BrFNO2S. The van der Waals surface area contributed by atoms with Gasteiger partial charge in [-0.3, -0.25) is 4.79 Å². The van der Waals surface area contributed by atoms with Gasteiger partial charge in [0.2, 0.25) is 0 Å². The van der Waals surface area contributed by atoms with Gasteiger partial charge in [-0.05, 0) is 63.5 Å². The number of pyridine rings is 1. The second-order valence-corrected chi connectivity index (χ2v) is 8.48. The van der Waals surface area contributed by atoms with Crippen molar-refractivity contribution in [2.24, 2.45) is 0 Å². The van der Waals surface area contributed by atoms with Crippen LogP contribution in [-0.4, -0.2) is 12.1 Å². The molecule has 4 aromatic rings. The van der Waals surface area contributed by atoms with E-state index in [-0.39, 0.29) is 11.4 Å². The van der Waals surface area contributed by atoms with Crippen molar-refractivity contribution in [1.82, 2.24) is 4.98 Å². The summed E-state index contributed by atoms with van der Waals surface area (Å²) < 4.78 is 21.8. The largest absolute Gasteiger partial charge is 0.496 e. The fourth-order valence-electron chi connectivity index (χ4n) is 3.59. The molecular weight excluding hydrogens is 441 g/mol. The number of aromatic nitrogens is 1. The van der Waals surface area contributed by atoms with Gasteiger partial charge in [-0.1, -0.05) is 25.5 Å². The number of halogens is 2. The molecule has 0 atom stereocenters. The molecule has 0 bridgehead atoms. The number of hydrogen-bond acceptors (Lipinski definition) is 3. The third-order valence-electron chi connectivity index (χ3n) is 4.98. The van der Waals surface area contributed by atoms with Crippen LogP contribution in [0.15, 0.2) is 45.0 Å². The number of unbranched alkanes of at least 4 members (excludes halogenated alkanes) is 1. The average Bonchev–Trinajstić information content (AvgIpc) is 3.18. The molecule has 0 spiro atoms. The lowest BCUT2D eigenvalue weighted by Gasteiger charge is -2.15. The van der Waals surface area contributed by atoms with E-state index in [2.05, 4.69) is 27.8 Å². The minimum atomic E-state index is -0.213. The highest BCUT2D eigenvalue weighted by Gasteiger charge is 2.19. The van der Waals surface area contributed by atoms with E-state index >= 15 is 0 Å². The Morgan fingerprint density at radius 2 is 2.07 bits per heavy atom. The summed E-state index contributed by atoms with van der Waals surface area (Å²) in [4.78, 5) is 15.4. The van der Waals surface area contributed by atoms with Gasteiger partial charge >= 0.3 is 0 Å². The summed E-state index contributed by atoms with van der Waals surface area (Å²) in [6, 6.07) is 9.10. The van der Waals surface area contributed by atoms with Gasteiger partial charge in [0.05, 0.1) is 12.6 Å². The zero-order valence-corrected chi connectivity index (χ0v) is 18.0. The Morgan fingerprint density at radius 3 is 2.79 bits per heavy atom. The van der Waals surface area contributed by atoms with Crippen LogP contribution in [0.3, 0.4) is 0 Å². The van der Waals surface area contributed by atoms with Gasteiger partial charge in [0.15, 0.2) is 0 Å². The first-order valence-corrected chi connectivity index (χ1v) is 10.8. The molecule has 0 radical (unpaired) electrons. The highest BCUT2D eigenvalue weighted by atomic mass is 79.9. The van der Waals surface area contributed by atoms with E-state index in [1.54, 1.807) is 13.2 Å². The number of hydrogen-bond donors (Lipinski definition) is 1. The van der Waals surface area contributed by atoms with E-state index in [0.717, 1.165) is 51.2 Å². The Labute approximate surface area is 174 Å². The highest BCUT2D eigenvalue weighted by Crippen LogP contribution is 2.43. The number of rotatable bonds is 5. The normalized spacial score (nSPS) is 11.4. The predicted octanol–water partition coefficient (Wildman–Crippen LogP) is 6.66. The number of thiophene rings is 1. The Kier molecular flexibility index (Phi) is 5.25. The van der Waals surface area contributed by atoms with Crippen molar-refractivity contribution in [2.75, 3.05) is 7.11 Å². The lowest BCUT2D eigenvalue weighted by atomic mass is 9.95. The number of fused-ring (bicyclic) bond motifs is 3. The van der Waals surface area contributed by atoms with Crippen molar-refractivity contribution in [2.45, 2.75) is 26.2 Å². The molecule has 4 rings (SSSR count). The third-order valence-corrected chi connectivity index (χ3v) is 6.52. The quantitative estimate of drug-likeness (QED) is 0.362. The lowest BCUT2D eigenvalue weighted by Crippen LogP contribution is -2.06. The first-order chi connectivity index (χ1) is 13.5. The molecule has 0 amide bonds. The Bertz CT molecular complexity index is 1240. The van der Waals surface area contributed by atoms with Crippen molar-refractivity contribution < 1.29 is 9.13 Å². The summed E-state index contributed by atoms with van der Waals surface area (Å²) in [5, 5.41) is 3.59. The van der Waals surface area contributed by atoms with Gasteiger partial charge in [-0.15, -0.1) is 11.3 Å². The molecule has 6 heteroatoms. The van der Waals surface area contributed by atoms with Crippen molar-refractivity contribution in [3.63, 3.8) is 0 Å². The van der Waals surface area contributed by atoms with Crippen LogP contribution in [-0.2, 0) is 6.42 Å². The van der Waals surface area contributed by atoms with Gasteiger partial charge in [-0.2, -0.15) is 0 Å². The minimum absolute atomic E-state index is 0.129. The molecule has 0 aliphatic rings. The number of H-pyrrole nitrogens is 1. The second kappa shape index (κ2) is 7.68. The average molecular weight is 460 g/mol. The molecule has 2 aromatic heterocycles. The maximum absolute atomic E-state index is 14.8. The molecule has 0 aliphatic heterocycles. The van der Waals surface area contributed by atoms with Crippen molar-refractivity contribution in [3.8, 4) is 16.9 Å². The summed E-state index contributed by atoms with van der Waals surface area (Å²) in [5.41, 5.74) is 2.78. The van der Waals surface area contributed by atoms with Crippen molar-refractivity contribution >= 4 is 48.3 Å². The van der Waals surface area contributed by atoms with Gasteiger partial charge in [0.25, 0.3) is 5.56 Å². The summed E-state index contributed by atoms with van der Waals surface area (Å²) in [6.45, 7) is 2.10. The topological polar surface area (TPSA) is 42.1 Å². The molecule has 0 saturated heterocycles. The molecule has 1 N–H and O–H groups in total. The van der Waals surface area contributed by atoms with E-state index < -0.39 is 0 Å². The van der Waals surface area contributed by atoms with Crippen molar-refractivity contribution in [1.29, 1.82) is 0 Å².